The van der Waals surface area contributed by atoms with Gasteiger partial charge in [0.05, 0.1) is 6.61 Å². The fourth-order valence-electron chi connectivity index (χ4n) is 1.02. The molecule has 0 aliphatic carbocycles. The molecule has 0 spiro atoms. The predicted octanol–water partition coefficient (Wildman–Crippen LogP) is 2.70. The second kappa shape index (κ2) is 3.42. The van der Waals surface area contributed by atoms with E-state index in [0.29, 0.717) is 0 Å². The van der Waals surface area contributed by atoms with E-state index in [0.717, 1.165) is 12.4 Å². The monoisotopic (exact) mass is 150 g/mol. The molecule has 0 N–H and O–H groups in total. The van der Waals surface area contributed by atoms with Crippen LogP contribution in [-0.4, -0.2) is 6.61 Å². The van der Waals surface area contributed by atoms with Crippen LogP contribution in [-0.2, 0) is 0 Å². The molecule has 11 heavy (non-hydrogen) atoms. The summed E-state index contributed by atoms with van der Waals surface area (Å²) < 4.78 is 5.42. The van der Waals surface area contributed by atoms with Gasteiger partial charge < -0.3 is 4.74 Å². The lowest BCUT2D eigenvalue weighted by molar-refractivity contribution is 0.337. The Kier molecular flexibility index (Phi) is 2.53. The molecule has 0 saturated carbocycles. The van der Waals surface area contributed by atoms with Crippen molar-refractivity contribution < 1.29 is 4.74 Å². The van der Waals surface area contributed by atoms with Crippen LogP contribution in [0.4, 0.5) is 0 Å². The van der Waals surface area contributed by atoms with Crippen LogP contribution >= 0.6 is 0 Å². The van der Waals surface area contributed by atoms with Crippen LogP contribution in [0.5, 0.6) is 5.75 Å². The zero-order valence-corrected chi connectivity index (χ0v) is 7.35. The van der Waals surface area contributed by atoms with E-state index in [-0.39, 0.29) is 0 Å². The number of rotatable bonds is 2. The lowest BCUT2D eigenvalue weighted by Gasteiger charge is -2.06. The summed E-state index contributed by atoms with van der Waals surface area (Å²) in [5.74, 6) is 1.01. The first-order chi connectivity index (χ1) is 5.24. The third-order valence-corrected chi connectivity index (χ3v) is 1.64. The minimum absolute atomic E-state index is 0.740. The molecule has 0 fully saturated rings. The van der Waals surface area contributed by atoms with Crippen LogP contribution in [0.2, 0.25) is 0 Å². The lowest BCUT2D eigenvalue weighted by Crippen LogP contribution is -1.93. The third kappa shape index (κ3) is 1.97. The molecule has 0 unspecified atom stereocenters. The van der Waals surface area contributed by atoms with Crippen molar-refractivity contribution in [3.05, 3.63) is 29.3 Å². The highest BCUT2D eigenvalue weighted by molar-refractivity contribution is 5.35. The van der Waals surface area contributed by atoms with Gasteiger partial charge in [-0.1, -0.05) is 12.1 Å². The van der Waals surface area contributed by atoms with Gasteiger partial charge in [-0.3, -0.25) is 0 Å². The SMILES string of the molecule is CCOc1cc(C)ccc1C. The van der Waals surface area contributed by atoms with Crippen LogP contribution in [0.1, 0.15) is 18.1 Å². The van der Waals surface area contributed by atoms with Gasteiger partial charge in [0.15, 0.2) is 0 Å². The van der Waals surface area contributed by atoms with Gasteiger partial charge in [0.2, 0.25) is 0 Å². The number of hydrogen-bond donors (Lipinski definition) is 0. The van der Waals surface area contributed by atoms with Gasteiger partial charge in [-0.15, -0.1) is 0 Å². The molecule has 0 aliphatic rings. The van der Waals surface area contributed by atoms with Crippen molar-refractivity contribution in [2.24, 2.45) is 0 Å². The van der Waals surface area contributed by atoms with Gasteiger partial charge in [-0.05, 0) is 38.0 Å². The highest BCUT2D eigenvalue weighted by Crippen LogP contribution is 2.18. The van der Waals surface area contributed by atoms with Crippen molar-refractivity contribution in [2.75, 3.05) is 6.61 Å². The Morgan fingerprint density at radius 2 is 2.00 bits per heavy atom. The molecule has 1 aromatic rings. The molecule has 0 radical (unpaired) electrons. The molecule has 60 valence electrons. The van der Waals surface area contributed by atoms with Crippen LogP contribution in [0.25, 0.3) is 0 Å². The van der Waals surface area contributed by atoms with E-state index in [4.69, 9.17) is 4.74 Å². The van der Waals surface area contributed by atoms with E-state index in [1.165, 1.54) is 11.1 Å². The Hall–Kier alpha value is -0.980. The maximum Gasteiger partial charge on any atom is 0.122 e. The Morgan fingerprint density at radius 3 is 2.64 bits per heavy atom. The van der Waals surface area contributed by atoms with Crippen molar-refractivity contribution in [3.8, 4) is 5.75 Å². The number of hydrogen-bond acceptors (Lipinski definition) is 1. The largest absolute Gasteiger partial charge is 0.494 e. The summed E-state index contributed by atoms with van der Waals surface area (Å²) >= 11 is 0. The maximum absolute atomic E-state index is 5.42. The van der Waals surface area contributed by atoms with Crippen molar-refractivity contribution in [2.45, 2.75) is 20.8 Å². The second-order valence-electron chi connectivity index (χ2n) is 2.70. The van der Waals surface area contributed by atoms with E-state index in [1.54, 1.807) is 0 Å². The van der Waals surface area contributed by atoms with Crippen molar-refractivity contribution >= 4 is 0 Å². The molecule has 0 aliphatic heterocycles. The standard InChI is InChI=1S/C10H14O/c1-4-11-10-7-8(2)5-6-9(10)3/h5-7H,4H2,1-3H3. The van der Waals surface area contributed by atoms with Crippen LogP contribution in [0.3, 0.4) is 0 Å². The summed E-state index contributed by atoms with van der Waals surface area (Å²) in [5.41, 5.74) is 2.46. The van der Waals surface area contributed by atoms with Crippen LogP contribution in [0, 0.1) is 13.8 Å². The maximum atomic E-state index is 5.42. The minimum atomic E-state index is 0.740. The van der Waals surface area contributed by atoms with E-state index in [2.05, 4.69) is 32.0 Å². The molecule has 1 aromatic carbocycles. The molecule has 0 heterocycles. The number of ether oxygens (including phenoxy) is 1. The number of benzene rings is 1. The first kappa shape index (κ1) is 8.12. The summed E-state index contributed by atoms with van der Waals surface area (Å²) in [5, 5.41) is 0. The van der Waals surface area contributed by atoms with Gasteiger partial charge in [-0.25, -0.2) is 0 Å². The van der Waals surface area contributed by atoms with Gasteiger partial charge in [0.25, 0.3) is 0 Å². The van der Waals surface area contributed by atoms with E-state index < -0.39 is 0 Å². The number of aryl methyl sites for hydroxylation is 2. The molecule has 0 amide bonds. The third-order valence-electron chi connectivity index (χ3n) is 1.64. The highest BCUT2D eigenvalue weighted by atomic mass is 16.5. The predicted molar refractivity (Wildman–Crippen MR) is 47.1 cm³/mol. The van der Waals surface area contributed by atoms with Crippen molar-refractivity contribution in [3.63, 3.8) is 0 Å². The van der Waals surface area contributed by atoms with Crippen molar-refractivity contribution in [1.29, 1.82) is 0 Å². The van der Waals surface area contributed by atoms with Crippen LogP contribution in [0.15, 0.2) is 18.2 Å². The first-order valence-corrected chi connectivity index (χ1v) is 3.94. The quantitative estimate of drug-likeness (QED) is 0.629. The Balaban J connectivity index is 2.93. The van der Waals surface area contributed by atoms with E-state index in [1.807, 2.05) is 6.92 Å². The van der Waals surface area contributed by atoms with Gasteiger partial charge >= 0.3 is 0 Å². The lowest BCUT2D eigenvalue weighted by atomic mass is 10.1. The topological polar surface area (TPSA) is 9.23 Å². The minimum Gasteiger partial charge on any atom is -0.494 e. The summed E-state index contributed by atoms with van der Waals surface area (Å²) in [4.78, 5) is 0. The highest BCUT2D eigenvalue weighted by Gasteiger charge is 1.96. The molecular formula is C10H14O. The average Bonchev–Trinajstić information content (AvgIpc) is 1.98. The Labute approximate surface area is 68.0 Å². The fourth-order valence-corrected chi connectivity index (χ4v) is 1.02. The molecule has 0 aromatic heterocycles. The summed E-state index contributed by atoms with van der Waals surface area (Å²) in [6, 6.07) is 6.25. The summed E-state index contributed by atoms with van der Waals surface area (Å²) in [6.45, 7) is 6.87. The van der Waals surface area contributed by atoms with Crippen LogP contribution < -0.4 is 4.74 Å². The fraction of sp³-hybridized carbons (Fsp3) is 0.400. The Bertz CT molecular complexity index is 241. The van der Waals surface area contributed by atoms with Gasteiger partial charge in [-0.2, -0.15) is 0 Å². The Morgan fingerprint density at radius 1 is 1.27 bits per heavy atom. The molecule has 1 rings (SSSR count). The smallest absolute Gasteiger partial charge is 0.122 e. The normalized spacial score (nSPS) is 9.73. The zero-order valence-electron chi connectivity index (χ0n) is 7.35. The van der Waals surface area contributed by atoms with E-state index in [9.17, 15) is 0 Å². The van der Waals surface area contributed by atoms with Crippen molar-refractivity contribution in [1.82, 2.24) is 0 Å². The zero-order chi connectivity index (χ0) is 8.27. The molecule has 1 nitrogen and oxygen atoms in total. The van der Waals surface area contributed by atoms with E-state index >= 15 is 0 Å². The summed E-state index contributed by atoms with van der Waals surface area (Å²) in [7, 11) is 0. The van der Waals surface area contributed by atoms with Gasteiger partial charge in [0, 0.05) is 0 Å². The summed E-state index contributed by atoms with van der Waals surface area (Å²) in [6.07, 6.45) is 0. The van der Waals surface area contributed by atoms with Gasteiger partial charge in [0.1, 0.15) is 5.75 Å². The molecule has 0 saturated heterocycles. The first-order valence-electron chi connectivity index (χ1n) is 3.94. The second-order valence-corrected chi connectivity index (χ2v) is 2.70. The molecular weight excluding hydrogens is 136 g/mol. The average molecular weight is 150 g/mol. The molecule has 0 atom stereocenters. The molecule has 0 bridgehead atoms. The molecule has 1 heteroatoms.